The zero-order valence-electron chi connectivity index (χ0n) is 37.0. The lowest BCUT2D eigenvalue weighted by Crippen LogP contribution is -2.46. The van der Waals surface area contributed by atoms with Gasteiger partial charge in [-0.05, 0) is 55.8 Å². The lowest BCUT2D eigenvalue weighted by Gasteiger charge is -2.37. The van der Waals surface area contributed by atoms with Crippen molar-refractivity contribution in [1.82, 2.24) is 26.2 Å². The van der Waals surface area contributed by atoms with E-state index < -0.39 is 5.41 Å². The van der Waals surface area contributed by atoms with E-state index >= 15 is 0 Å². The van der Waals surface area contributed by atoms with Gasteiger partial charge in [-0.25, -0.2) is 0 Å². The Balaban J connectivity index is 0. The van der Waals surface area contributed by atoms with Crippen LogP contribution in [0.1, 0.15) is 110 Å². The monoisotopic (exact) mass is 770 g/mol. The van der Waals surface area contributed by atoms with Gasteiger partial charge in [-0.15, -0.1) is 0 Å². The molecule has 0 aliphatic carbocycles. The second kappa shape index (κ2) is 30.7. The maximum Gasteiger partial charge on any atom is 0.246 e. The van der Waals surface area contributed by atoms with Crippen LogP contribution < -0.4 is 21.3 Å². The van der Waals surface area contributed by atoms with Crippen molar-refractivity contribution in [1.29, 1.82) is 0 Å². The highest BCUT2D eigenvalue weighted by molar-refractivity contribution is 5.81. The molecule has 0 heterocycles. The Morgan fingerprint density at radius 2 is 0.926 bits per heavy atom. The third kappa shape index (κ3) is 30.7. The van der Waals surface area contributed by atoms with Crippen LogP contribution in [0, 0.1) is 40.9 Å². The number of amides is 3. The first-order valence-corrected chi connectivity index (χ1v) is 20.3. The fraction of sp³-hybridized carbons (Fsp3) is 0.857. The van der Waals surface area contributed by atoms with E-state index in [1.807, 2.05) is 32.6 Å². The molecule has 0 rings (SSSR count). The third-order valence-electron chi connectivity index (χ3n) is 8.47. The first-order valence-electron chi connectivity index (χ1n) is 20.3. The van der Waals surface area contributed by atoms with Crippen molar-refractivity contribution in [2.75, 3.05) is 78.9 Å². The van der Waals surface area contributed by atoms with Crippen LogP contribution in [0.25, 0.3) is 0 Å². The van der Waals surface area contributed by atoms with Crippen LogP contribution in [-0.4, -0.2) is 113 Å². The predicted octanol–water partition coefficient (Wildman–Crippen LogP) is 5.46. The summed E-state index contributed by atoms with van der Waals surface area (Å²) in [4.78, 5) is 49.8. The van der Waals surface area contributed by atoms with Crippen LogP contribution in [-0.2, 0) is 33.4 Å². The normalized spacial score (nSPS) is 12.8. The summed E-state index contributed by atoms with van der Waals surface area (Å²) in [6, 6.07) is 0.157. The Hall–Kier alpha value is -2.54. The topological polar surface area (TPSA) is 147 Å². The number of ether oxygens (including phenoxy) is 3. The van der Waals surface area contributed by atoms with Gasteiger partial charge in [0, 0.05) is 49.8 Å². The second-order valence-electron chi connectivity index (χ2n) is 17.4. The molecule has 0 aliphatic rings. The van der Waals surface area contributed by atoms with Crippen LogP contribution in [0.15, 0.2) is 12.3 Å². The Morgan fingerprint density at radius 3 is 1.31 bits per heavy atom. The molecule has 1 unspecified atom stereocenters. The van der Waals surface area contributed by atoms with Crippen LogP contribution in [0.3, 0.4) is 0 Å². The molecule has 3 amide bonds. The van der Waals surface area contributed by atoms with E-state index in [2.05, 4.69) is 97.1 Å². The number of Topliss-reactive ketones (excluding diaryl/α,β-unsaturated/α-hetero) is 1. The van der Waals surface area contributed by atoms with Gasteiger partial charge >= 0.3 is 0 Å². The molecule has 0 bridgehead atoms. The highest BCUT2D eigenvalue weighted by atomic mass is 16.5. The summed E-state index contributed by atoms with van der Waals surface area (Å²) < 4.78 is 17.7. The lowest BCUT2D eigenvalue weighted by atomic mass is 9.79. The van der Waals surface area contributed by atoms with Gasteiger partial charge in [0.1, 0.15) is 13.2 Å². The summed E-state index contributed by atoms with van der Waals surface area (Å²) in [5, 5.41) is 11.9. The summed E-state index contributed by atoms with van der Waals surface area (Å²) >= 11 is 0. The van der Waals surface area contributed by atoms with Gasteiger partial charge < -0.3 is 35.5 Å². The van der Waals surface area contributed by atoms with Gasteiger partial charge in [-0.1, -0.05) is 89.7 Å². The molecule has 4 N–H and O–H groups in total. The average molecular weight is 770 g/mol. The maximum atomic E-state index is 12.2. The Morgan fingerprint density at radius 1 is 0.537 bits per heavy atom. The molecular formula is C42H83N5O7. The number of ketones is 1. The molecule has 0 radical (unpaired) electrons. The molecule has 0 aliphatic heterocycles. The number of carbonyl (C=O) groups excluding carboxylic acids is 4. The van der Waals surface area contributed by atoms with E-state index in [0.29, 0.717) is 82.1 Å². The molecule has 0 spiro atoms. The highest BCUT2D eigenvalue weighted by Crippen LogP contribution is 2.30. The highest BCUT2D eigenvalue weighted by Gasteiger charge is 2.36. The SMILES string of the molecule is C=C(COCC(COCC(=O)CCC(C)C)(COCC(=O)NCC(C)C)C(C)C)NCC(C)C.CC(C)CNC(=O)CN(CC(=O)NCC(C)C)C(C)C. The van der Waals surface area contributed by atoms with E-state index in [1.54, 1.807) is 0 Å². The average Bonchev–Trinajstić information content (AvgIpc) is 3.06. The number of rotatable bonds is 30. The molecule has 54 heavy (non-hydrogen) atoms. The molecule has 0 aromatic rings. The Bertz CT molecular complexity index is 944. The first kappa shape index (κ1) is 53.6. The minimum atomic E-state index is -0.491. The summed E-state index contributed by atoms with van der Waals surface area (Å²) in [6.07, 6.45) is 1.39. The van der Waals surface area contributed by atoms with Gasteiger partial charge in [0.2, 0.25) is 17.7 Å². The number of nitrogens with one attached hydrogen (secondary N) is 4. The van der Waals surface area contributed by atoms with Crippen LogP contribution >= 0.6 is 0 Å². The standard InChI is InChI=1S/C27H52N2O5.C15H31N3O2/c1-20(2)10-11-25(30)15-33-18-27(23(7)8,17-32-14-24(9)28-12-21(3)4)19-34-16-26(31)29-13-22(5)6;1-11(2)7-16-14(19)9-18(13(5)6)10-15(20)17-8-12(3)4/h20-23,28H,9-19H2,1-8H3,(H,29,31);11-13H,7-10H2,1-6H3,(H,16,19)(H,17,20). The van der Waals surface area contributed by atoms with E-state index in [9.17, 15) is 19.2 Å². The van der Waals surface area contributed by atoms with Crippen LogP contribution in [0.5, 0.6) is 0 Å². The second-order valence-corrected chi connectivity index (χ2v) is 17.4. The van der Waals surface area contributed by atoms with Crippen molar-refractivity contribution in [2.45, 2.75) is 116 Å². The molecular weight excluding hydrogens is 686 g/mol. The number of nitrogens with zero attached hydrogens (tertiary/aromatic N) is 1. The largest absolute Gasteiger partial charge is 0.387 e. The van der Waals surface area contributed by atoms with E-state index in [1.165, 1.54) is 0 Å². The zero-order valence-corrected chi connectivity index (χ0v) is 37.0. The van der Waals surface area contributed by atoms with Gasteiger partial charge in [0.15, 0.2) is 5.78 Å². The molecule has 0 aromatic heterocycles. The zero-order chi connectivity index (χ0) is 41.9. The minimum Gasteiger partial charge on any atom is -0.387 e. The van der Waals surface area contributed by atoms with Crippen molar-refractivity contribution in [3.63, 3.8) is 0 Å². The van der Waals surface area contributed by atoms with Gasteiger partial charge in [0.05, 0.1) is 39.5 Å². The van der Waals surface area contributed by atoms with Crippen molar-refractivity contribution in [3.8, 4) is 0 Å². The molecule has 0 saturated heterocycles. The van der Waals surface area contributed by atoms with Gasteiger partial charge in [0.25, 0.3) is 0 Å². The fourth-order valence-electron chi connectivity index (χ4n) is 4.55. The molecule has 1 atom stereocenters. The van der Waals surface area contributed by atoms with Gasteiger partial charge in [-0.2, -0.15) is 0 Å². The predicted molar refractivity (Wildman–Crippen MR) is 221 cm³/mol. The van der Waals surface area contributed by atoms with Gasteiger partial charge in [-0.3, -0.25) is 24.1 Å². The summed E-state index contributed by atoms with van der Waals surface area (Å²) in [6.45, 7) is 37.8. The summed E-state index contributed by atoms with van der Waals surface area (Å²) in [7, 11) is 0. The van der Waals surface area contributed by atoms with Crippen molar-refractivity contribution < 1.29 is 33.4 Å². The molecule has 0 fully saturated rings. The molecule has 0 aromatic carbocycles. The van der Waals surface area contributed by atoms with E-state index in [-0.39, 0.29) is 61.8 Å². The van der Waals surface area contributed by atoms with Crippen LogP contribution in [0.2, 0.25) is 0 Å². The molecule has 12 heteroatoms. The maximum absolute atomic E-state index is 12.2. The molecule has 0 saturated carbocycles. The van der Waals surface area contributed by atoms with Crippen molar-refractivity contribution >= 4 is 23.5 Å². The lowest BCUT2D eigenvalue weighted by molar-refractivity contribution is -0.135. The molecule has 12 nitrogen and oxygen atoms in total. The number of hydrogen-bond acceptors (Lipinski definition) is 9. The van der Waals surface area contributed by atoms with E-state index in [4.69, 9.17) is 14.2 Å². The molecule has 318 valence electrons. The summed E-state index contributed by atoms with van der Waals surface area (Å²) in [5.74, 6) is 2.31. The third-order valence-corrected chi connectivity index (χ3v) is 8.47. The smallest absolute Gasteiger partial charge is 0.246 e. The summed E-state index contributed by atoms with van der Waals surface area (Å²) in [5.41, 5.74) is 0.333. The Labute approximate surface area is 330 Å². The minimum absolute atomic E-state index is 0.0167. The fourth-order valence-corrected chi connectivity index (χ4v) is 4.55. The quantitative estimate of drug-likeness (QED) is 0.0749. The Kier molecular flexibility index (Phi) is 30.4. The van der Waals surface area contributed by atoms with Crippen molar-refractivity contribution in [3.05, 3.63) is 12.3 Å². The first-order chi connectivity index (χ1) is 25.1. The number of carbonyl (C=O) groups is 4. The van der Waals surface area contributed by atoms with Crippen molar-refractivity contribution in [2.24, 2.45) is 40.9 Å². The number of hydrogen-bond donors (Lipinski definition) is 4. The van der Waals surface area contributed by atoms with Crippen LogP contribution in [0.4, 0.5) is 0 Å². The van der Waals surface area contributed by atoms with E-state index in [0.717, 1.165) is 18.7 Å².